The van der Waals surface area contributed by atoms with Crippen molar-refractivity contribution in [2.24, 2.45) is 5.73 Å². The van der Waals surface area contributed by atoms with Gasteiger partial charge < -0.3 is 20.3 Å². The third-order valence-electron chi connectivity index (χ3n) is 4.08. The van der Waals surface area contributed by atoms with Gasteiger partial charge in [0.05, 0.1) is 6.54 Å². The van der Waals surface area contributed by atoms with Crippen molar-refractivity contribution in [3.8, 4) is 11.1 Å². The maximum absolute atomic E-state index is 12.2. The number of phosphoric acid groups is 1. The van der Waals surface area contributed by atoms with Crippen LogP contribution in [0.2, 0.25) is 0 Å². The summed E-state index contributed by atoms with van der Waals surface area (Å²) in [5, 5.41) is 0.452. The van der Waals surface area contributed by atoms with E-state index >= 15 is 0 Å². The van der Waals surface area contributed by atoms with Crippen molar-refractivity contribution in [2.75, 3.05) is 19.7 Å². The first-order valence-corrected chi connectivity index (χ1v) is 9.51. The lowest BCUT2D eigenvalue weighted by molar-refractivity contribution is -0.0659. The fourth-order valence-corrected chi connectivity index (χ4v) is 3.48. The van der Waals surface area contributed by atoms with Gasteiger partial charge in [0.25, 0.3) is 0 Å². The van der Waals surface area contributed by atoms with Gasteiger partial charge in [0.1, 0.15) is 6.61 Å². The fourth-order valence-electron chi connectivity index (χ4n) is 3.08. The van der Waals surface area contributed by atoms with Gasteiger partial charge in [-0.3, -0.25) is 0 Å². The summed E-state index contributed by atoms with van der Waals surface area (Å²) in [6.07, 6.45) is -0.999. The van der Waals surface area contributed by atoms with Crippen LogP contribution in [0.3, 0.4) is 0 Å². The Morgan fingerprint density at radius 3 is 2.12 bits per heavy atom. The molecular weight excluding hydrogens is 359 g/mol. The molecule has 0 atom stereocenters. The summed E-state index contributed by atoms with van der Waals surface area (Å²) in [4.78, 5) is 30.0. The van der Waals surface area contributed by atoms with Crippen LogP contribution in [0, 0.1) is 0 Å². The number of hydrogen-bond acceptors (Lipinski definition) is 5. The Balaban J connectivity index is 1.77. The van der Waals surface area contributed by atoms with Crippen LogP contribution >= 0.6 is 7.82 Å². The molecule has 0 spiro atoms. The lowest BCUT2D eigenvalue weighted by atomic mass is 9.98. The van der Waals surface area contributed by atoms with E-state index in [9.17, 15) is 9.36 Å². The van der Waals surface area contributed by atoms with Crippen molar-refractivity contribution < 1.29 is 28.5 Å². The summed E-state index contributed by atoms with van der Waals surface area (Å²) in [6, 6.07) is 15.7. The average molecular weight is 378 g/mol. The van der Waals surface area contributed by atoms with Crippen LogP contribution in [0.15, 0.2) is 48.5 Å². The van der Waals surface area contributed by atoms with Crippen LogP contribution < -0.4 is 5.73 Å². The van der Waals surface area contributed by atoms with E-state index in [0.29, 0.717) is 5.06 Å². The number of nitrogens with two attached hydrogens (primary N) is 1. The van der Waals surface area contributed by atoms with E-state index in [1.807, 2.05) is 48.5 Å². The van der Waals surface area contributed by atoms with E-state index in [1.165, 1.54) is 0 Å². The molecule has 4 N–H and O–H groups in total. The van der Waals surface area contributed by atoms with Crippen LogP contribution in [0.4, 0.5) is 4.79 Å². The molecule has 26 heavy (non-hydrogen) atoms. The number of carbonyl (C=O) groups is 1. The Morgan fingerprint density at radius 2 is 1.62 bits per heavy atom. The second-order valence-electron chi connectivity index (χ2n) is 5.77. The number of hydrogen-bond donors (Lipinski definition) is 3. The SMILES string of the molecule is NCCN(OP(=O)(O)O)C(=O)OCC1c2ccccc2-c2ccccc21. The molecule has 0 saturated carbocycles. The first-order valence-electron chi connectivity index (χ1n) is 7.98. The summed E-state index contributed by atoms with van der Waals surface area (Å²) in [7, 11) is -4.89. The molecule has 0 heterocycles. The van der Waals surface area contributed by atoms with Crippen molar-refractivity contribution in [1.82, 2.24) is 5.06 Å². The zero-order chi connectivity index (χ0) is 18.7. The molecule has 1 aliphatic carbocycles. The zero-order valence-electron chi connectivity index (χ0n) is 13.8. The zero-order valence-corrected chi connectivity index (χ0v) is 14.7. The molecule has 0 aromatic heterocycles. The minimum Gasteiger partial charge on any atom is -0.447 e. The highest BCUT2D eigenvalue weighted by molar-refractivity contribution is 7.46. The molecule has 0 fully saturated rings. The largest absolute Gasteiger partial charge is 0.491 e. The molecule has 3 rings (SSSR count). The first kappa shape index (κ1) is 18.6. The van der Waals surface area contributed by atoms with Gasteiger partial charge in [-0.05, 0) is 22.3 Å². The van der Waals surface area contributed by atoms with Gasteiger partial charge in [0.2, 0.25) is 0 Å². The molecule has 2 aromatic rings. The van der Waals surface area contributed by atoms with E-state index < -0.39 is 13.9 Å². The van der Waals surface area contributed by atoms with Crippen LogP contribution in [-0.2, 0) is 13.9 Å². The Kier molecular flexibility index (Phi) is 5.41. The van der Waals surface area contributed by atoms with E-state index in [1.54, 1.807) is 0 Å². The summed E-state index contributed by atoms with van der Waals surface area (Å²) in [6.45, 7) is -0.232. The Hall–Kier alpha value is -2.22. The topological polar surface area (TPSA) is 122 Å². The predicted octanol–water partition coefficient (Wildman–Crippen LogP) is 2.22. The molecule has 138 valence electrons. The van der Waals surface area contributed by atoms with Crippen LogP contribution in [-0.4, -0.2) is 40.6 Å². The van der Waals surface area contributed by atoms with Crippen LogP contribution in [0.5, 0.6) is 0 Å². The number of carbonyl (C=O) groups excluding carboxylic acids is 1. The molecular formula is C17H19N2O6P. The minimum atomic E-state index is -4.89. The monoisotopic (exact) mass is 378 g/mol. The second-order valence-corrected chi connectivity index (χ2v) is 6.91. The highest BCUT2D eigenvalue weighted by atomic mass is 31.2. The van der Waals surface area contributed by atoms with Crippen molar-refractivity contribution in [3.05, 3.63) is 59.7 Å². The molecule has 0 aliphatic heterocycles. The lowest BCUT2D eigenvalue weighted by Gasteiger charge is -2.22. The molecule has 1 amide bonds. The van der Waals surface area contributed by atoms with Crippen LogP contribution in [0.25, 0.3) is 11.1 Å². The summed E-state index contributed by atoms with van der Waals surface area (Å²) >= 11 is 0. The van der Waals surface area contributed by atoms with E-state index in [4.69, 9.17) is 20.3 Å². The minimum absolute atomic E-state index is 0.0124. The van der Waals surface area contributed by atoms with Crippen molar-refractivity contribution in [1.29, 1.82) is 0 Å². The summed E-state index contributed by atoms with van der Waals surface area (Å²) < 4.78 is 20.6. The second kappa shape index (κ2) is 7.57. The quantitative estimate of drug-likeness (QED) is 0.520. The number of rotatable bonds is 6. The Morgan fingerprint density at radius 1 is 1.08 bits per heavy atom. The molecule has 0 bridgehead atoms. The number of hydroxylamine groups is 2. The number of nitrogens with zero attached hydrogens (tertiary/aromatic N) is 1. The molecule has 9 heteroatoms. The maximum Gasteiger partial charge on any atom is 0.491 e. The van der Waals surface area contributed by atoms with Gasteiger partial charge in [0.15, 0.2) is 0 Å². The molecule has 0 unspecified atom stereocenters. The standard InChI is InChI=1S/C17H19N2O6P/c18-9-10-19(25-26(21,22)23)17(20)24-11-16-14-7-3-1-5-12(14)13-6-2-4-8-15(13)16/h1-8,16H,9-11,18H2,(H2,21,22,23). The fraction of sp³-hybridized carbons (Fsp3) is 0.235. The molecule has 0 saturated heterocycles. The van der Waals surface area contributed by atoms with E-state index in [-0.39, 0.29) is 25.6 Å². The first-order chi connectivity index (χ1) is 12.4. The lowest BCUT2D eigenvalue weighted by Crippen LogP contribution is -2.35. The Labute approximate surface area is 150 Å². The van der Waals surface area contributed by atoms with Gasteiger partial charge in [-0.25, -0.2) is 9.36 Å². The summed E-state index contributed by atoms with van der Waals surface area (Å²) in [5.74, 6) is -0.166. The van der Waals surface area contributed by atoms with Gasteiger partial charge in [-0.2, -0.15) is 9.69 Å². The predicted molar refractivity (Wildman–Crippen MR) is 94.0 cm³/mol. The van der Waals surface area contributed by atoms with E-state index in [2.05, 4.69) is 4.62 Å². The molecule has 1 aliphatic rings. The molecule has 8 nitrogen and oxygen atoms in total. The number of fused-ring (bicyclic) bond motifs is 3. The van der Waals surface area contributed by atoms with Crippen molar-refractivity contribution >= 4 is 13.9 Å². The van der Waals surface area contributed by atoms with E-state index in [0.717, 1.165) is 22.3 Å². The smallest absolute Gasteiger partial charge is 0.447 e. The normalized spacial score (nSPS) is 13.2. The van der Waals surface area contributed by atoms with Crippen LogP contribution in [0.1, 0.15) is 17.0 Å². The van der Waals surface area contributed by atoms with Gasteiger partial charge >= 0.3 is 13.9 Å². The highest BCUT2D eigenvalue weighted by Gasteiger charge is 2.31. The highest BCUT2D eigenvalue weighted by Crippen LogP contribution is 2.44. The summed E-state index contributed by atoms with van der Waals surface area (Å²) in [5.41, 5.74) is 9.57. The number of amides is 1. The maximum atomic E-state index is 12.2. The average Bonchev–Trinajstić information content (AvgIpc) is 2.92. The molecule has 2 aromatic carbocycles. The molecule has 0 radical (unpaired) electrons. The number of benzene rings is 2. The van der Waals surface area contributed by atoms with Gasteiger partial charge in [-0.15, -0.1) is 0 Å². The number of ether oxygens (including phenoxy) is 1. The third-order valence-corrected chi connectivity index (χ3v) is 4.49. The third kappa shape index (κ3) is 3.95. The Bertz CT molecular complexity index is 807. The van der Waals surface area contributed by atoms with Gasteiger partial charge in [0, 0.05) is 12.5 Å². The van der Waals surface area contributed by atoms with Gasteiger partial charge in [-0.1, -0.05) is 48.5 Å². The van der Waals surface area contributed by atoms with Crippen molar-refractivity contribution in [2.45, 2.75) is 5.92 Å². The van der Waals surface area contributed by atoms with Crippen molar-refractivity contribution in [3.63, 3.8) is 0 Å².